The normalized spacial score (nSPS) is 15.5. The summed E-state index contributed by atoms with van der Waals surface area (Å²) >= 11 is 0.268. The van der Waals surface area contributed by atoms with E-state index in [9.17, 15) is 41.0 Å². The van der Waals surface area contributed by atoms with Crippen LogP contribution in [0.5, 0.6) is 0 Å². The summed E-state index contributed by atoms with van der Waals surface area (Å²) in [4.78, 5) is 24.2. The highest BCUT2D eigenvalue weighted by atomic mass is 32.2. The van der Waals surface area contributed by atoms with E-state index in [0.717, 1.165) is 58.1 Å². The van der Waals surface area contributed by atoms with Crippen LogP contribution in [0.2, 0.25) is 0 Å². The lowest BCUT2D eigenvalue weighted by atomic mass is 9.89. The number of nitrogens with one attached hydrogen (secondary N) is 2. The van der Waals surface area contributed by atoms with Crippen molar-refractivity contribution >= 4 is 23.8 Å². The number of carboxylic acids is 1. The molecule has 1 aromatic heterocycles. The predicted molar refractivity (Wildman–Crippen MR) is 154 cm³/mol. The summed E-state index contributed by atoms with van der Waals surface area (Å²) in [5.74, 6) is -1.20. The molecule has 43 heavy (non-hydrogen) atoms. The van der Waals surface area contributed by atoms with E-state index in [2.05, 4.69) is 10.0 Å². The fraction of sp³-hybridized carbons (Fsp3) is 0.600. The molecular formula is C30H39F6N3O3S. The number of carboxylic acid groups (broad SMARTS) is 1. The van der Waals surface area contributed by atoms with Crippen LogP contribution in [-0.2, 0) is 17.5 Å². The third kappa shape index (κ3) is 8.49. The second-order valence-electron chi connectivity index (χ2n) is 12.4. The third-order valence-electron chi connectivity index (χ3n) is 8.10. The number of aromatic nitrogens is 1. The molecule has 0 atom stereocenters. The van der Waals surface area contributed by atoms with E-state index in [1.807, 2.05) is 4.57 Å². The van der Waals surface area contributed by atoms with Gasteiger partial charge in [-0.05, 0) is 95.5 Å². The average Bonchev–Trinajstić information content (AvgIpc) is 3.22. The van der Waals surface area contributed by atoms with Crippen LogP contribution in [0.25, 0.3) is 11.3 Å². The average molecular weight is 636 g/mol. The molecule has 1 aliphatic carbocycles. The summed E-state index contributed by atoms with van der Waals surface area (Å²) in [6.45, 7) is 7.10. The first-order chi connectivity index (χ1) is 19.7. The maximum absolute atomic E-state index is 14.2. The molecule has 1 fully saturated rings. The molecule has 13 heteroatoms. The number of hydrogen-bond acceptors (Lipinski definition) is 4. The molecule has 1 saturated carbocycles. The van der Waals surface area contributed by atoms with E-state index < -0.39 is 45.6 Å². The van der Waals surface area contributed by atoms with Crippen molar-refractivity contribution in [3.05, 3.63) is 41.1 Å². The van der Waals surface area contributed by atoms with Crippen molar-refractivity contribution in [2.75, 3.05) is 6.54 Å². The topological polar surface area (TPSA) is 83.4 Å². The number of benzene rings is 1. The molecule has 6 nitrogen and oxygen atoms in total. The van der Waals surface area contributed by atoms with E-state index in [-0.39, 0.29) is 42.0 Å². The molecule has 0 bridgehead atoms. The van der Waals surface area contributed by atoms with Gasteiger partial charge in [0.15, 0.2) is 0 Å². The zero-order valence-electron chi connectivity index (χ0n) is 24.9. The van der Waals surface area contributed by atoms with Crippen LogP contribution < -0.4 is 10.0 Å². The molecule has 0 spiro atoms. The smallest absolute Gasteiger partial charge is 0.417 e. The van der Waals surface area contributed by atoms with Gasteiger partial charge in [0.25, 0.3) is 5.91 Å². The molecule has 0 radical (unpaired) electrons. The van der Waals surface area contributed by atoms with Crippen LogP contribution in [0.4, 0.5) is 26.3 Å². The van der Waals surface area contributed by atoms with Crippen molar-refractivity contribution in [2.24, 2.45) is 11.3 Å². The largest absolute Gasteiger partial charge is 0.481 e. The minimum absolute atomic E-state index is 0.0894. The SMILES string of the molecule is Cc1c(C(=O)NCCC(C)(C)C(=O)O)cc(-c2ccc(SNC(C)(C)C(F)(F)F)c(C(F)(F)F)c2)n1CC1CCCCC1. The fourth-order valence-corrected chi connectivity index (χ4v) is 5.81. The van der Waals surface area contributed by atoms with E-state index in [4.69, 9.17) is 0 Å². The highest BCUT2D eigenvalue weighted by Gasteiger charge is 2.47. The van der Waals surface area contributed by atoms with Gasteiger partial charge in [0.1, 0.15) is 5.54 Å². The van der Waals surface area contributed by atoms with Gasteiger partial charge < -0.3 is 15.0 Å². The van der Waals surface area contributed by atoms with Gasteiger partial charge in [-0.3, -0.25) is 9.59 Å². The minimum atomic E-state index is -4.85. The number of nitrogens with zero attached hydrogens (tertiary/aromatic N) is 1. The zero-order chi connectivity index (χ0) is 32.4. The molecule has 0 unspecified atom stereocenters. The molecule has 1 aliphatic rings. The van der Waals surface area contributed by atoms with Gasteiger partial charge in [0, 0.05) is 29.4 Å². The number of carbonyl (C=O) groups is 2. The van der Waals surface area contributed by atoms with Crippen molar-refractivity contribution in [1.82, 2.24) is 14.6 Å². The van der Waals surface area contributed by atoms with Crippen LogP contribution in [0.15, 0.2) is 29.2 Å². The van der Waals surface area contributed by atoms with E-state index >= 15 is 0 Å². The molecule has 1 heterocycles. The summed E-state index contributed by atoms with van der Waals surface area (Å²) in [7, 11) is 0. The van der Waals surface area contributed by atoms with Crippen LogP contribution in [0.1, 0.15) is 87.8 Å². The molecule has 3 N–H and O–H groups in total. The summed E-state index contributed by atoms with van der Waals surface area (Å²) in [6.07, 6.45) is -4.26. The molecule has 240 valence electrons. The van der Waals surface area contributed by atoms with Crippen LogP contribution in [0, 0.1) is 18.3 Å². The van der Waals surface area contributed by atoms with Crippen LogP contribution >= 0.6 is 11.9 Å². The Morgan fingerprint density at radius 2 is 1.63 bits per heavy atom. The number of hydrogen-bond donors (Lipinski definition) is 3. The highest BCUT2D eigenvalue weighted by molar-refractivity contribution is 7.97. The Kier molecular flexibility index (Phi) is 10.6. The van der Waals surface area contributed by atoms with Gasteiger partial charge in [0.2, 0.25) is 0 Å². The summed E-state index contributed by atoms with van der Waals surface area (Å²) in [5, 5.41) is 12.1. The maximum atomic E-state index is 14.2. The Morgan fingerprint density at radius 1 is 1.00 bits per heavy atom. The lowest BCUT2D eigenvalue weighted by Gasteiger charge is -2.28. The van der Waals surface area contributed by atoms with Crippen molar-refractivity contribution < 1.29 is 41.0 Å². The Balaban J connectivity index is 2.00. The zero-order valence-corrected chi connectivity index (χ0v) is 25.7. The fourth-order valence-electron chi connectivity index (χ4n) is 4.91. The van der Waals surface area contributed by atoms with Gasteiger partial charge >= 0.3 is 18.3 Å². The Bertz CT molecular complexity index is 1310. The third-order valence-corrected chi connectivity index (χ3v) is 9.29. The van der Waals surface area contributed by atoms with Crippen LogP contribution in [-0.4, -0.2) is 39.8 Å². The lowest BCUT2D eigenvalue weighted by molar-refractivity contribution is -0.179. The van der Waals surface area contributed by atoms with E-state index in [1.54, 1.807) is 20.8 Å². The molecule has 0 aliphatic heterocycles. The van der Waals surface area contributed by atoms with Crippen molar-refractivity contribution in [3.63, 3.8) is 0 Å². The molecule has 2 aromatic rings. The number of carbonyl (C=O) groups excluding carboxylic acids is 1. The Hall–Kier alpha value is -2.67. The second-order valence-corrected chi connectivity index (χ2v) is 13.2. The molecule has 1 aromatic carbocycles. The quantitative estimate of drug-likeness (QED) is 0.171. The summed E-state index contributed by atoms with van der Waals surface area (Å²) in [5.41, 5.74) is -3.19. The van der Waals surface area contributed by atoms with Crippen LogP contribution in [0.3, 0.4) is 0 Å². The lowest BCUT2D eigenvalue weighted by Crippen LogP contribution is -2.48. The van der Waals surface area contributed by atoms with E-state index in [0.29, 0.717) is 17.9 Å². The second kappa shape index (κ2) is 13.1. The van der Waals surface area contributed by atoms with Gasteiger partial charge in [0.05, 0.1) is 16.5 Å². The Morgan fingerprint density at radius 3 is 2.19 bits per heavy atom. The molecular weight excluding hydrogens is 596 g/mol. The molecule has 1 amide bonds. The maximum Gasteiger partial charge on any atom is 0.417 e. The van der Waals surface area contributed by atoms with Crippen molar-refractivity contribution in [3.8, 4) is 11.3 Å². The summed E-state index contributed by atoms with van der Waals surface area (Å²) < 4.78 is 86.5. The number of rotatable bonds is 11. The molecule has 0 saturated heterocycles. The van der Waals surface area contributed by atoms with Gasteiger partial charge in [-0.1, -0.05) is 25.3 Å². The first-order valence-electron chi connectivity index (χ1n) is 14.2. The number of amides is 1. The monoisotopic (exact) mass is 635 g/mol. The standard InChI is InChI=1S/C30H39F6N3O3S/c1-18-21(25(40)37-14-13-27(2,3)26(41)42)16-23(39(18)17-19-9-7-6-8-10-19)20-11-12-24(22(15-20)29(31,32)33)43-38-28(4,5)30(34,35)36/h11-12,15-16,19,38H,6-10,13-14,17H2,1-5H3,(H,37,40)(H,41,42). The van der Waals surface area contributed by atoms with Gasteiger partial charge in [-0.15, -0.1) is 0 Å². The van der Waals surface area contributed by atoms with Crippen molar-refractivity contribution in [2.45, 2.75) is 102 Å². The summed E-state index contributed by atoms with van der Waals surface area (Å²) in [6, 6.07) is 5.00. The van der Waals surface area contributed by atoms with Crippen molar-refractivity contribution in [1.29, 1.82) is 0 Å². The number of alkyl halides is 6. The van der Waals surface area contributed by atoms with Gasteiger partial charge in [-0.2, -0.15) is 26.3 Å². The molecule has 3 rings (SSSR count). The highest BCUT2D eigenvalue weighted by Crippen LogP contribution is 2.41. The number of aliphatic carboxylic acids is 1. The first-order valence-corrected chi connectivity index (χ1v) is 15.0. The first kappa shape index (κ1) is 34.8. The van der Waals surface area contributed by atoms with Gasteiger partial charge in [-0.25, -0.2) is 4.72 Å². The minimum Gasteiger partial charge on any atom is -0.481 e. The number of halogens is 6. The Labute approximate surface area is 252 Å². The predicted octanol–water partition coefficient (Wildman–Crippen LogP) is 8.23. The van der Waals surface area contributed by atoms with E-state index in [1.165, 1.54) is 12.1 Å².